The van der Waals surface area contributed by atoms with E-state index in [-0.39, 0.29) is 41.2 Å². The lowest BCUT2D eigenvalue weighted by atomic mass is 9.84. The van der Waals surface area contributed by atoms with Gasteiger partial charge in [-0.05, 0) is 32.1 Å². The van der Waals surface area contributed by atoms with Crippen LogP contribution in [0.15, 0.2) is 4.99 Å². The number of halogens is 1. The van der Waals surface area contributed by atoms with Crippen molar-refractivity contribution in [1.29, 1.82) is 0 Å². The number of carbonyl (C=O) groups is 2. The second kappa shape index (κ2) is 13.3. The number of nitrogens with zero attached hydrogens (tertiary/aromatic N) is 3. The summed E-state index contributed by atoms with van der Waals surface area (Å²) in [6.07, 6.45) is 7.01. The lowest BCUT2D eigenvalue weighted by molar-refractivity contribution is -0.138. The van der Waals surface area contributed by atoms with E-state index in [1.807, 2.05) is 14.1 Å². The van der Waals surface area contributed by atoms with Crippen molar-refractivity contribution in [3.63, 3.8) is 0 Å². The van der Waals surface area contributed by atoms with Crippen molar-refractivity contribution in [2.75, 3.05) is 53.9 Å². The number of nitrogens with one attached hydrogen (secondary N) is 3. The van der Waals surface area contributed by atoms with Gasteiger partial charge >= 0.3 is 0 Å². The lowest BCUT2D eigenvalue weighted by Crippen LogP contribution is -2.53. The highest BCUT2D eigenvalue weighted by atomic mass is 127. The number of hydrogen-bond donors (Lipinski definition) is 3. The summed E-state index contributed by atoms with van der Waals surface area (Å²) in [5.41, 5.74) is -0.309. The molecule has 0 aromatic carbocycles. The van der Waals surface area contributed by atoms with Gasteiger partial charge in [0.25, 0.3) is 0 Å². The molecule has 9 heteroatoms. The molecular formula is C21H41IN6O2. The molecule has 0 spiro atoms. The summed E-state index contributed by atoms with van der Waals surface area (Å²) in [5.74, 6) is 1.10. The Hall–Kier alpha value is -1.10. The number of aliphatic imine (C=N–C) groups is 1. The summed E-state index contributed by atoms with van der Waals surface area (Å²) >= 11 is 0. The van der Waals surface area contributed by atoms with Crippen molar-refractivity contribution in [3.05, 3.63) is 0 Å². The number of rotatable bonds is 8. The summed E-state index contributed by atoms with van der Waals surface area (Å²) in [6.45, 7) is 5.71. The normalized spacial score (nSPS) is 19.7. The Morgan fingerprint density at radius 1 is 1.13 bits per heavy atom. The van der Waals surface area contributed by atoms with Crippen LogP contribution in [0.2, 0.25) is 0 Å². The zero-order valence-corrected chi connectivity index (χ0v) is 21.5. The fraction of sp³-hybridized carbons (Fsp3) is 0.857. The molecule has 2 rings (SSSR count). The quantitative estimate of drug-likeness (QED) is 0.248. The molecule has 1 saturated heterocycles. The molecule has 174 valence electrons. The maximum atomic E-state index is 12.7. The van der Waals surface area contributed by atoms with Gasteiger partial charge in [-0.15, -0.1) is 24.0 Å². The van der Waals surface area contributed by atoms with E-state index < -0.39 is 0 Å². The van der Waals surface area contributed by atoms with Crippen molar-refractivity contribution in [2.45, 2.75) is 57.9 Å². The van der Waals surface area contributed by atoms with Gasteiger partial charge in [-0.25, -0.2) is 0 Å². The van der Waals surface area contributed by atoms with E-state index in [9.17, 15) is 9.59 Å². The first-order valence-electron chi connectivity index (χ1n) is 11.1. The minimum Gasteiger partial charge on any atom is -0.355 e. The Labute approximate surface area is 199 Å². The maximum absolute atomic E-state index is 12.7. The van der Waals surface area contributed by atoms with Gasteiger partial charge in [0, 0.05) is 53.4 Å². The third-order valence-electron chi connectivity index (χ3n) is 6.11. The summed E-state index contributed by atoms with van der Waals surface area (Å²) in [5, 5.41) is 9.87. The van der Waals surface area contributed by atoms with Crippen molar-refractivity contribution >= 4 is 41.8 Å². The highest BCUT2D eigenvalue weighted by molar-refractivity contribution is 14.0. The molecule has 0 atom stereocenters. The molecule has 0 radical (unpaired) electrons. The Morgan fingerprint density at radius 3 is 2.30 bits per heavy atom. The van der Waals surface area contributed by atoms with Gasteiger partial charge < -0.3 is 20.9 Å². The third-order valence-corrected chi connectivity index (χ3v) is 6.11. The highest BCUT2D eigenvalue weighted by Gasteiger charge is 2.42. The molecular weight excluding hydrogens is 495 g/mol. The molecule has 1 heterocycles. The van der Waals surface area contributed by atoms with Crippen molar-refractivity contribution in [3.8, 4) is 0 Å². The van der Waals surface area contributed by atoms with Crippen LogP contribution in [0, 0.1) is 5.41 Å². The Kier molecular flexibility index (Phi) is 12.0. The topological polar surface area (TPSA) is 89.1 Å². The van der Waals surface area contributed by atoms with Crippen LogP contribution >= 0.6 is 24.0 Å². The van der Waals surface area contributed by atoms with Crippen LogP contribution in [0.1, 0.15) is 51.9 Å². The largest absolute Gasteiger partial charge is 0.355 e. The predicted molar refractivity (Wildman–Crippen MR) is 132 cm³/mol. The van der Waals surface area contributed by atoms with Crippen LogP contribution in [0.4, 0.5) is 0 Å². The van der Waals surface area contributed by atoms with Crippen molar-refractivity contribution in [2.24, 2.45) is 10.4 Å². The molecule has 3 N–H and O–H groups in total. The Morgan fingerprint density at radius 2 is 1.77 bits per heavy atom. The van der Waals surface area contributed by atoms with Crippen molar-refractivity contribution < 1.29 is 9.59 Å². The summed E-state index contributed by atoms with van der Waals surface area (Å²) in [4.78, 5) is 32.9. The van der Waals surface area contributed by atoms with Gasteiger partial charge in [-0.1, -0.05) is 19.8 Å². The van der Waals surface area contributed by atoms with Gasteiger partial charge in [0.15, 0.2) is 5.96 Å². The van der Waals surface area contributed by atoms with Crippen LogP contribution in [0.3, 0.4) is 0 Å². The fourth-order valence-corrected chi connectivity index (χ4v) is 4.39. The first-order chi connectivity index (χ1) is 13.9. The van der Waals surface area contributed by atoms with Crippen LogP contribution in [0.5, 0.6) is 0 Å². The number of likely N-dealkylation sites (tertiary alicyclic amines) is 1. The molecule has 2 aliphatic rings. The van der Waals surface area contributed by atoms with E-state index in [1.165, 1.54) is 0 Å². The molecule has 1 aliphatic heterocycles. The zero-order valence-electron chi connectivity index (χ0n) is 19.1. The molecule has 30 heavy (non-hydrogen) atoms. The number of piperidine rings is 1. The number of carbonyl (C=O) groups excluding carboxylic acids is 2. The molecule has 0 aromatic rings. The Bertz CT molecular complexity index is 570. The summed E-state index contributed by atoms with van der Waals surface area (Å²) < 4.78 is 0. The monoisotopic (exact) mass is 536 g/mol. The number of guanidine groups is 1. The standard InChI is InChI=1S/C21H40N6O2.HI/c1-5-12-23-18(28)15-27-13-8-17(9-14-27)25-20(22-2)24-16-21(10-6-7-11-21)19(29)26(3)4;/h17H,5-16H2,1-4H3,(H,23,28)(H2,22,24,25);1H. The smallest absolute Gasteiger partial charge is 0.234 e. The second-order valence-electron chi connectivity index (χ2n) is 8.66. The average Bonchev–Trinajstić information content (AvgIpc) is 3.20. The van der Waals surface area contributed by atoms with Gasteiger partial charge in [0.2, 0.25) is 11.8 Å². The molecule has 0 unspecified atom stereocenters. The van der Waals surface area contributed by atoms with Crippen LogP contribution < -0.4 is 16.0 Å². The molecule has 0 bridgehead atoms. The average molecular weight is 537 g/mol. The van der Waals surface area contributed by atoms with E-state index in [2.05, 4.69) is 32.8 Å². The molecule has 8 nitrogen and oxygen atoms in total. The molecule has 2 amide bonds. The lowest BCUT2D eigenvalue weighted by Gasteiger charge is -2.34. The first kappa shape index (κ1) is 26.9. The third kappa shape index (κ3) is 7.86. The van der Waals surface area contributed by atoms with Gasteiger partial charge in [-0.3, -0.25) is 19.5 Å². The van der Waals surface area contributed by atoms with E-state index in [1.54, 1.807) is 11.9 Å². The fourth-order valence-electron chi connectivity index (χ4n) is 4.39. The van der Waals surface area contributed by atoms with Gasteiger partial charge in [-0.2, -0.15) is 0 Å². The zero-order chi connectivity index (χ0) is 21.3. The minimum atomic E-state index is -0.309. The molecule has 2 fully saturated rings. The van der Waals surface area contributed by atoms with E-state index >= 15 is 0 Å². The number of hydrogen-bond acceptors (Lipinski definition) is 4. The van der Waals surface area contributed by atoms with Crippen molar-refractivity contribution in [1.82, 2.24) is 25.8 Å². The van der Waals surface area contributed by atoms with E-state index in [0.29, 0.717) is 19.1 Å². The minimum absolute atomic E-state index is 0. The summed E-state index contributed by atoms with van der Waals surface area (Å²) in [7, 11) is 5.45. The van der Waals surface area contributed by atoms with Crippen LogP contribution in [-0.2, 0) is 9.59 Å². The number of amides is 2. The highest BCUT2D eigenvalue weighted by Crippen LogP contribution is 2.38. The van der Waals surface area contributed by atoms with E-state index in [4.69, 9.17) is 0 Å². The molecule has 1 saturated carbocycles. The van der Waals surface area contributed by atoms with Crippen LogP contribution in [0.25, 0.3) is 0 Å². The SMILES string of the molecule is CCCNC(=O)CN1CCC(NC(=NC)NCC2(C(=O)N(C)C)CCCC2)CC1.I. The van der Waals surface area contributed by atoms with Crippen LogP contribution in [-0.4, -0.2) is 87.5 Å². The molecule has 1 aliphatic carbocycles. The van der Waals surface area contributed by atoms with Gasteiger partial charge in [0.1, 0.15) is 0 Å². The predicted octanol–water partition coefficient (Wildman–Crippen LogP) is 1.41. The molecule has 0 aromatic heterocycles. The first-order valence-corrected chi connectivity index (χ1v) is 11.1. The Balaban J connectivity index is 0.00000450. The maximum Gasteiger partial charge on any atom is 0.234 e. The van der Waals surface area contributed by atoms with Gasteiger partial charge in [0.05, 0.1) is 12.0 Å². The second-order valence-corrected chi connectivity index (χ2v) is 8.66. The van der Waals surface area contributed by atoms with E-state index in [0.717, 1.165) is 70.5 Å². The summed E-state index contributed by atoms with van der Waals surface area (Å²) in [6, 6.07) is 0.334.